The van der Waals surface area contributed by atoms with E-state index >= 15 is 0 Å². The Hall–Kier alpha value is -2.82. The molecule has 3 aromatic rings. The van der Waals surface area contributed by atoms with Gasteiger partial charge in [-0.2, -0.15) is 5.10 Å². The molecule has 3 rings (SSSR count). The van der Waals surface area contributed by atoms with Crippen molar-refractivity contribution in [3.63, 3.8) is 0 Å². The molecule has 2 heterocycles. The van der Waals surface area contributed by atoms with Crippen molar-refractivity contribution in [1.29, 1.82) is 0 Å². The summed E-state index contributed by atoms with van der Waals surface area (Å²) >= 11 is 0. The minimum Gasteiger partial charge on any atom is -0.298 e. The van der Waals surface area contributed by atoms with Crippen LogP contribution in [0, 0.1) is 13.8 Å². The lowest BCUT2D eigenvalue weighted by Gasteiger charge is -2.03. The number of aromatic nitrogens is 4. The van der Waals surface area contributed by atoms with Crippen LogP contribution in [0.1, 0.15) is 21.5 Å². The van der Waals surface area contributed by atoms with Gasteiger partial charge in [-0.15, -0.1) is 0 Å². The number of carbonyl (C=O) groups is 1. The van der Waals surface area contributed by atoms with Gasteiger partial charge in [0.15, 0.2) is 6.29 Å². The topological polar surface area (TPSA) is 60.7 Å². The molecular weight excluding hydrogens is 264 g/mol. The first kappa shape index (κ1) is 13.2. The zero-order valence-corrected chi connectivity index (χ0v) is 11.8. The minimum absolute atomic E-state index is 0.441. The minimum atomic E-state index is 0.441. The van der Waals surface area contributed by atoms with E-state index in [0.717, 1.165) is 23.0 Å². The number of aryl methyl sites for hydroxylation is 2. The molecule has 0 saturated heterocycles. The second kappa shape index (κ2) is 5.28. The molecule has 2 aromatic heterocycles. The molecule has 104 valence electrons. The summed E-state index contributed by atoms with van der Waals surface area (Å²) in [6.45, 7) is 4.04. The van der Waals surface area contributed by atoms with Gasteiger partial charge in [-0.1, -0.05) is 17.2 Å². The monoisotopic (exact) mass is 278 g/mol. The molecule has 0 N–H and O–H groups in total. The summed E-state index contributed by atoms with van der Waals surface area (Å²) in [5, 5.41) is 4.46. The summed E-state index contributed by atoms with van der Waals surface area (Å²) in [4.78, 5) is 19.6. The molecule has 0 fully saturated rings. The van der Waals surface area contributed by atoms with Crippen molar-refractivity contribution in [3.05, 3.63) is 59.5 Å². The van der Waals surface area contributed by atoms with Crippen LogP contribution in [0.4, 0.5) is 0 Å². The summed E-state index contributed by atoms with van der Waals surface area (Å²) in [5.74, 6) is 0.441. The van der Waals surface area contributed by atoms with Crippen molar-refractivity contribution in [1.82, 2.24) is 19.7 Å². The van der Waals surface area contributed by atoms with Gasteiger partial charge in [-0.05, 0) is 32.0 Å². The number of hydrogen-bond acceptors (Lipinski definition) is 4. The van der Waals surface area contributed by atoms with Gasteiger partial charge in [0.2, 0.25) is 5.95 Å². The SMILES string of the molecule is Cc1cc(C)cc(-c2nn(-c3ncccn3)cc2C=O)c1. The molecule has 0 spiro atoms. The molecule has 0 aliphatic carbocycles. The normalized spacial score (nSPS) is 10.6. The Morgan fingerprint density at radius 3 is 2.33 bits per heavy atom. The maximum Gasteiger partial charge on any atom is 0.250 e. The van der Waals surface area contributed by atoms with E-state index in [2.05, 4.69) is 21.1 Å². The van der Waals surface area contributed by atoms with E-state index in [1.54, 1.807) is 24.7 Å². The van der Waals surface area contributed by atoms with E-state index in [4.69, 9.17) is 0 Å². The van der Waals surface area contributed by atoms with Crippen molar-refractivity contribution >= 4 is 6.29 Å². The average molecular weight is 278 g/mol. The van der Waals surface area contributed by atoms with Gasteiger partial charge in [-0.25, -0.2) is 14.6 Å². The lowest BCUT2D eigenvalue weighted by Crippen LogP contribution is -2.00. The number of aldehydes is 1. The van der Waals surface area contributed by atoms with Crippen LogP contribution in [0.15, 0.2) is 42.9 Å². The molecule has 0 aliphatic rings. The van der Waals surface area contributed by atoms with Crippen LogP contribution in [0.5, 0.6) is 0 Å². The second-order valence-electron chi connectivity index (χ2n) is 4.92. The molecule has 5 nitrogen and oxygen atoms in total. The van der Waals surface area contributed by atoms with Crippen molar-refractivity contribution in [2.75, 3.05) is 0 Å². The molecule has 0 unspecified atom stereocenters. The molecule has 5 heteroatoms. The second-order valence-corrected chi connectivity index (χ2v) is 4.92. The van der Waals surface area contributed by atoms with Crippen LogP contribution in [0.25, 0.3) is 17.2 Å². The van der Waals surface area contributed by atoms with Gasteiger partial charge >= 0.3 is 0 Å². The van der Waals surface area contributed by atoms with E-state index in [1.165, 1.54) is 4.68 Å². The zero-order chi connectivity index (χ0) is 14.8. The predicted octanol–water partition coefficient (Wildman–Crippen LogP) is 2.76. The standard InChI is InChI=1S/C16H14N4O/c1-11-6-12(2)8-13(7-11)15-14(10-21)9-20(19-15)16-17-4-3-5-18-16/h3-10H,1-2H3. The molecule has 0 amide bonds. The maximum atomic E-state index is 11.3. The van der Waals surface area contributed by atoms with Gasteiger partial charge in [0.1, 0.15) is 5.69 Å². The van der Waals surface area contributed by atoms with Gasteiger partial charge in [-0.3, -0.25) is 4.79 Å². The highest BCUT2D eigenvalue weighted by Gasteiger charge is 2.13. The van der Waals surface area contributed by atoms with Crippen molar-refractivity contribution in [2.45, 2.75) is 13.8 Å². The summed E-state index contributed by atoms with van der Waals surface area (Å²) in [6.07, 6.45) is 5.73. The molecule has 21 heavy (non-hydrogen) atoms. The third kappa shape index (κ3) is 2.58. The molecule has 0 saturated carbocycles. The molecule has 0 bridgehead atoms. The molecular formula is C16H14N4O. The Morgan fingerprint density at radius 1 is 1.05 bits per heavy atom. The van der Waals surface area contributed by atoms with Crippen LogP contribution in [-0.4, -0.2) is 26.0 Å². The maximum absolute atomic E-state index is 11.3. The first-order valence-electron chi connectivity index (χ1n) is 6.58. The third-order valence-corrected chi connectivity index (χ3v) is 3.12. The van der Waals surface area contributed by atoms with Crippen LogP contribution < -0.4 is 0 Å². The van der Waals surface area contributed by atoms with Gasteiger partial charge in [0.25, 0.3) is 0 Å². The zero-order valence-electron chi connectivity index (χ0n) is 11.8. The van der Waals surface area contributed by atoms with Crippen molar-refractivity contribution in [3.8, 4) is 17.2 Å². The lowest BCUT2D eigenvalue weighted by atomic mass is 10.0. The van der Waals surface area contributed by atoms with E-state index in [1.807, 2.05) is 26.0 Å². The van der Waals surface area contributed by atoms with Crippen LogP contribution >= 0.6 is 0 Å². The smallest absolute Gasteiger partial charge is 0.250 e. The Balaban J connectivity index is 2.14. The molecule has 1 aromatic carbocycles. The molecule has 0 radical (unpaired) electrons. The van der Waals surface area contributed by atoms with E-state index in [0.29, 0.717) is 17.2 Å². The number of carbonyl (C=O) groups excluding carboxylic acids is 1. The highest BCUT2D eigenvalue weighted by atomic mass is 16.1. The van der Waals surface area contributed by atoms with Crippen LogP contribution in [-0.2, 0) is 0 Å². The number of nitrogens with zero attached hydrogens (tertiary/aromatic N) is 4. The summed E-state index contributed by atoms with van der Waals surface area (Å²) in [7, 11) is 0. The lowest BCUT2D eigenvalue weighted by molar-refractivity contribution is 0.112. The van der Waals surface area contributed by atoms with Crippen molar-refractivity contribution < 1.29 is 4.79 Å². The van der Waals surface area contributed by atoms with Gasteiger partial charge in [0, 0.05) is 24.2 Å². The van der Waals surface area contributed by atoms with Crippen LogP contribution in [0.3, 0.4) is 0 Å². The van der Waals surface area contributed by atoms with Gasteiger partial charge < -0.3 is 0 Å². The predicted molar refractivity (Wildman–Crippen MR) is 79.5 cm³/mol. The Labute approximate surface area is 122 Å². The first-order valence-corrected chi connectivity index (χ1v) is 6.58. The fraction of sp³-hybridized carbons (Fsp3) is 0.125. The highest BCUT2D eigenvalue weighted by molar-refractivity contribution is 5.85. The Bertz CT molecular complexity index is 773. The number of hydrogen-bond donors (Lipinski definition) is 0. The van der Waals surface area contributed by atoms with Crippen LogP contribution in [0.2, 0.25) is 0 Å². The number of rotatable bonds is 3. The first-order chi connectivity index (χ1) is 10.2. The van der Waals surface area contributed by atoms with E-state index in [9.17, 15) is 4.79 Å². The summed E-state index contributed by atoms with van der Waals surface area (Å²) in [5.41, 5.74) is 4.35. The summed E-state index contributed by atoms with van der Waals surface area (Å²) < 4.78 is 1.52. The van der Waals surface area contributed by atoms with Gasteiger partial charge in [0.05, 0.1) is 5.56 Å². The Kier molecular flexibility index (Phi) is 3.31. The van der Waals surface area contributed by atoms with E-state index < -0.39 is 0 Å². The van der Waals surface area contributed by atoms with Crippen molar-refractivity contribution in [2.24, 2.45) is 0 Å². The molecule has 0 aliphatic heterocycles. The fourth-order valence-electron chi connectivity index (χ4n) is 2.32. The third-order valence-electron chi connectivity index (χ3n) is 3.12. The van der Waals surface area contributed by atoms with E-state index in [-0.39, 0.29) is 0 Å². The Morgan fingerprint density at radius 2 is 1.71 bits per heavy atom. The molecule has 0 atom stereocenters. The largest absolute Gasteiger partial charge is 0.298 e. The number of benzene rings is 1. The highest BCUT2D eigenvalue weighted by Crippen LogP contribution is 2.24. The fourth-order valence-corrected chi connectivity index (χ4v) is 2.32. The quantitative estimate of drug-likeness (QED) is 0.691. The average Bonchev–Trinajstić information content (AvgIpc) is 2.91. The summed E-state index contributed by atoms with van der Waals surface area (Å²) in [6, 6.07) is 7.84.